The van der Waals surface area contributed by atoms with Gasteiger partial charge in [-0.1, -0.05) is 30.3 Å². The molecule has 0 radical (unpaired) electrons. The van der Waals surface area contributed by atoms with Gasteiger partial charge in [-0.2, -0.15) is 0 Å². The highest BCUT2D eigenvalue weighted by atomic mass is 16.2. The van der Waals surface area contributed by atoms with Gasteiger partial charge in [0.05, 0.1) is 6.04 Å². The predicted octanol–water partition coefficient (Wildman–Crippen LogP) is 2.95. The van der Waals surface area contributed by atoms with Crippen molar-refractivity contribution in [2.75, 3.05) is 11.9 Å². The number of fused-ring (bicyclic) bond motifs is 3. The van der Waals surface area contributed by atoms with Crippen LogP contribution >= 0.6 is 0 Å². The summed E-state index contributed by atoms with van der Waals surface area (Å²) in [5, 5.41) is 6.27. The summed E-state index contributed by atoms with van der Waals surface area (Å²) in [6.07, 6.45) is 2.97. The summed E-state index contributed by atoms with van der Waals surface area (Å²) < 4.78 is 0. The number of hydrogen-bond acceptors (Lipinski definition) is 2. The summed E-state index contributed by atoms with van der Waals surface area (Å²) in [6, 6.07) is 14.7. The van der Waals surface area contributed by atoms with E-state index in [1.54, 1.807) is 0 Å². The molecule has 1 saturated heterocycles. The van der Waals surface area contributed by atoms with Gasteiger partial charge in [-0.15, -0.1) is 0 Å². The molecule has 0 aromatic heterocycles. The Balaban J connectivity index is 1.57. The maximum absolute atomic E-state index is 12.2. The number of hydrogen-bond donors (Lipinski definition) is 2. The van der Waals surface area contributed by atoms with Gasteiger partial charge in [0.15, 0.2) is 0 Å². The lowest BCUT2D eigenvalue weighted by atomic mass is 10.1. The molecule has 21 heavy (non-hydrogen) atoms. The summed E-state index contributed by atoms with van der Waals surface area (Å²) in [5.41, 5.74) is 6.19. The monoisotopic (exact) mass is 278 g/mol. The molecule has 4 rings (SSSR count). The molecule has 1 aliphatic heterocycles. The Morgan fingerprint density at radius 3 is 2.81 bits per heavy atom. The minimum absolute atomic E-state index is 0.0320. The lowest BCUT2D eigenvalue weighted by molar-refractivity contribution is -0.117. The third-order valence-corrected chi connectivity index (χ3v) is 4.44. The number of nitrogens with one attached hydrogen (secondary N) is 2. The van der Waals surface area contributed by atoms with Crippen LogP contribution in [0.1, 0.15) is 24.0 Å². The SMILES string of the molecule is O=C(Nc1ccc2c(c1)Cc1ccccc1-2)[C@@H]1CCCN1. The Hall–Kier alpha value is -2.13. The number of carbonyl (C=O) groups excluding carboxylic acids is 1. The molecule has 2 aromatic rings. The molecule has 0 spiro atoms. The first kappa shape index (κ1) is 12.6. The van der Waals surface area contributed by atoms with Gasteiger partial charge in [0.25, 0.3) is 0 Å². The zero-order valence-corrected chi connectivity index (χ0v) is 11.9. The van der Waals surface area contributed by atoms with E-state index >= 15 is 0 Å². The molecule has 1 aliphatic carbocycles. The van der Waals surface area contributed by atoms with E-state index in [4.69, 9.17) is 0 Å². The van der Waals surface area contributed by atoms with Gasteiger partial charge in [-0.25, -0.2) is 0 Å². The van der Waals surface area contributed by atoms with Crippen molar-refractivity contribution < 1.29 is 4.79 Å². The second kappa shape index (κ2) is 5.01. The van der Waals surface area contributed by atoms with Crippen LogP contribution in [0.25, 0.3) is 11.1 Å². The fourth-order valence-electron chi connectivity index (χ4n) is 3.36. The molecule has 3 heteroatoms. The van der Waals surface area contributed by atoms with Gasteiger partial charge in [-0.3, -0.25) is 4.79 Å². The number of rotatable bonds is 2. The second-order valence-corrected chi connectivity index (χ2v) is 5.84. The quantitative estimate of drug-likeness (QED) is 0.756. The Morgan fingerprint density at radius 2 is 1.95 bits per heavy atom. The van der Waals surface area contributed by atoms with Crippen molar-refractivity contribution in [3.63, 3.8) is 0 Å². The topological polar surface area (TPSA) is 41.1 Å². The number of carbonyl (C=O) groups is 1. The van der Waals surface area contributed by atoms with Gasteiger partial charge in [0, 0.05) is 5.69 Å². The van der Waals surface area contributed by atoms with Crippen LogP contribution in [-0.4, -0.2) is 18.5 Å². The van der Waals surface area contributed by atoms with Crippen LogP contribution in [0.5, 0.6) is 0 Å². The minimum atomic E-state index is -0.0320. The molecule has 1 heterocycles. The smallest absolute Gasteiger partial charge is 0.241 e. The Bertz CT molecular complexity index is 702. The molecule has 2 aliphatic rings. The summed E-state index contributed by atoms with van der Waals surface area (Å²) in [4.78, 5) is 12.2. The van der Waals surface area contributed by atoms with Crippen LogP contribution < -0.4 is 10.6 Å². The van der Waals surface area contributed by atoms with Crippen LogP contribution in [0.4, 0.5) is 5.69 Å². The van der Waals surface area contributed by atoms with Crippen molar-refractivity contribution in [2.24, 2.45) is 0 Å². The highest BCUT2D eigenvalue weighted by Gasteiger charge is 2.23. The normalized spacial score (nSPS) is 19.1. The van der Waals surface area contributed by atoms with E-state index in [0.29, 0.717) is 0 Å². The number of benzene rings is 2. The maximum Gasteiger partial charge on any atom is 0.241 e. The van der Waals surface area contributed by atoms with Gasteiger partial charge in [0.2, 0.25) is 5.91 Å². The lowest BCUT2D eigenvalue weighted by Gasteiger charge is -2.12. The van der Waals surface area contributed by atoms with Gasteiger partial charge in [0.1, 0.15) is 0 Å². The second-order valence-electron chi connectivity index (χ2n) is 5.84. The zero-order valence-electron chi connectivity index (χ0n) is 11.9. The molecule has 0 saturated carbocycles. The minimum Gasteiger partial charge on any atom is -0.325 e. The van der Waals surface area contributed by atoms with Crippen LogP contribution in [-0.2, 0) is 11.2 Å². The lowest BCUT2D eigenvalue weighted by Crippen LogP contribution is -2.35. The van der Waals surface area contributed by atoms with E-state index in [9.17, 15) is 4.79 Å². The number of anilines is 1. The van der Waals surface area contributed by atoms with E-state index in [-0.39, 0.29) is 11.9 Å². The van der Waals surface area contributed by atoms with Crippen molar-refractivity contribution >= 4 is 11.6 Å². The first-order valence-corrected chi connectivity index (χ1v) is 7.57. The summed E-state index contributed by atoms with van der Waals surface area (Å²) >= 11 is 0. The molecule has 2 aromatic carbocycles. The molecule has 1 atom stereocenters. The van der Waals surface area contributed by atoms with Crippen molar-refractivity contribution in [3.05, 3.63) is 53.6 Å². The largest absolute Gasteiger partial charge is 0.325 e. The van der Waals surface area contributed by atoms with Gasteiger partial charge >= 0.3 is 0 Å². The molecular formula is C18H18N2O. The standard InChI is InChI=1S/C18H18N2O/c21-18(17-6-3-9-19-17)20-14-7-8-16-13(11-14)10-12-4-1-2-5-15(12)16/h1-2,4-5,7-8,11,17,19H,3,6,9-10H2,(H,20,21)/t17-/m0/s1. The van der Waals surface area contributed by atoms with Crippen molar-refractivity contribution in [3.8, 4) is 11.1 Å². The highest BCUT2D eigenvalue weighted by Crippen LogP contribution is 2.37. The summed E-state index contributed by atoms with van der Waals surface area (Å²) in [6.45, 7) is 0.942. The van der Waals surface area contributed by atoms with Crippen LogP contribution in [0.15, 0.2) is 42.5 Å². The fraction of sp³-hybridized carbons (Fsp3) is 0.278. The average Bonchev–Trinajstić information content (AvgIpc) is 3.14. The first-order valence-electron chi connectivity index (χ1n) is 7.57. The molecule has 106 valence electrons. The Kier molecular flexibility index (Phi) is 3.00. The first-order chi connectivity index (χ1) is 10.3. The summed E-state index contributed by atoms with van der Waals surface area (Å²) in [7, 11) is 0. The highest BCUT2D eigenvalue weighted by molar-refractivity contribution is 5.95. The third-order valence-electron chi connectivity index (χ3n) is 4.44. The molecule has 1 fully saturated rings. The molecule has 2 N–H and O–H groups in total. The Morgan fingerprint density at radius 1 is 1.10 bits per heavy atom. The van der Waals surface area contributed by atoms with E-state index in [1.165, 1.54) is 22.3 Å². The van der Waals surface area contributed by atoms with Crippen LogP contribution in [0.2, 0.25) is 0 Å². The van der Waals surface area contributed by atoms with E-state index < -0.39 is 0 Å². The molecular weight excluding hydrogens is 260 g/mol. The average molecular weight is 278 g/mol. The molecule has 0 unspecified atom stereocenters. The van der Waals surface area contributed by atoms with Crippen molar-refractivity contribution in [1.29, 1.82) is 0 Å². The van der Waals surface area contributed by atoms with Crippen molar-refractivity contribution in [2.45, 2.75) is 25.3 Å². The van der Waals surface area contributed by atoms with Gasteiger partial charge in [-0.05, 0) is 60.2 Å². The van der Waals surface area contributed by atoms with E-state index in [1.807, 2.05) is 6.07 Å². The van der Waals surface area contributed by atoms with E-state index in [0.717, 1.165) is 31.5 Å². The third kappa shape index (κ3) is 2.24. The van der Waals surface area contributed by atoms with E-state index in [2.05, 4.69) is 47.0 Å². The van der Waals surface area contributed by atoms with Crippen molar-refractivity contribution in [1.82, 2.24) is 5.32 Å². The predicted molar refractivity (Wildman–Crippen MR) is 84.3 cm³/mol. The fourth-order valence-corrected chi connectivity index (χ4v) is 3.36. The summed E-state index contributed by atoms with van der Waals surface area (Å²) in [5.74, 6) is 0.0861. The molecule has 3 nitrogen and oxygen atoms in total. The van der Waals surface area contributed by atoms with Crippen LogP contribution in [0, 0.1) is 0 Å². The zero-order chi connectivity index (χ0) is 14.2. The molecule has 0 bridgehead atoms. The maximum atomic E-state index is 12.2. The van der Waals surface area contributed by atoms with Crippen LogP contribution in [0.3, 0.4) is 0 Å². The Labute approximate surface area is 124 Å². The van der Waals surface area contributed by atoms with Gasteiger partial charge < -0.3 is 10.6 Å². The number of amides is 1. The molecule has 1 amide bonds.